The second-order valence-electron chi connectivity index (χ2n) is 7.43. The van der Waals surface area contributed by atoms with Gasteiger partial charge in [0.15, 0.2) is 5.82 Å². The van der Waals surface area contributed by atoms with E-state index in [0.717, 1.165) is 29.7 Å². The van der Waals surface area contributed by atoms with Crippen LogP contribution < -0.4 is 10.3 Å². The molecule has 150 valence electrons. The lowest BCUT2D eigenvalue weighted by Crippen LogP contribution is -2.52. The number of nitrogens with zero attached hydrogens (tertiary/aromatic N) is 3. The van der Waals surface area contributed by atoms with Crippen LogP contribution in [0.1, 0.15) is 23.2 Å². The van der Waals surface area contributed by atoms with Gasteiger partial charge in [0.05, 0.1) is 17.4 Å². The zero-order valence-corrected chi connectivity index (χ0v) is 15.3. The number of likely N-dealkylation sites (N-methyl/N-ethyl adjacent to an activating group) is 1. The van der Waals surface area contributed by atoms with E-state index in [9.17, 15) is 23.5 Å². The molecule has 0 amide bonds. The van der Waals surface area contributed by atoms with Gasteiger partial charge in [-0.05, 0) is 26.0 Å². The molecule has 2 saturated heterocycles. The topological polar surface area (TPSA) is 65.8 Å². The van der Waals surface area contributed by atoms with E-state index in [-0.39, 0.29) is 29.8 Å². The van der Waals surface area contributed by atoms with E-state index in [1.54, 1.807) is 4.90 Å². The number of carboxylic acid groups (broad SMARTS) is 1. The van der Waals surface area contributed by atoms with Gasteiger partial charge < -0.3 is 14.6 Å². The molecule has 1 N–H and O–H groups in total. The Kier molecular flexibility index (Phi) is 4.57. The summed E-state index contributed by atoms with van der Waals surface area (Å²) in [5.41, 5.74) is -2.14. The number of carbonyl (C=O) groups is 1. The number of piperazine rings is 1. The van der Waals surface area contributed by atoms with Crippen LogP contribution in [-0.2, 0) is 6.54 Å². The highest BCUT2D eigenvalue weighted by Crippen LogP contribution is 2.36. The number of hydrogen-bond acceptors (Lipinski definition) is 4. The number of rotatable bonds is 4. The number of anilines is 1. The molecule has 6 nitrogen and oxygen atoms in total. The maximum absolute atomic E-state index is 15.5. The van der Waals surface area contributed by atoms with Crippen molar-refractivity contribution in [1.82, 2.24) is 9.47 Å². The largest absolute Gasteiger partial charge is 0.477 e. The molecule has 2 aliphatic rings. The second-order valence-corrected chi connectivity index (χ2v) is 7.43. The maximum Gasteiger partial charge on any atom is 0.341 e. The van der Waals surface area contributed by atoms with Crippen molar-refractivity contribution in [3.63, 3.8) is 0 Å². The lowest BCUT2D eigenvalue weighted by molar-refractivity contribution is 0.0694. The number of hydrogen-bond donors (Lipinski definition) is 1. The van der Waals surface area contributed by atoms with Crippen LogP contribution in [0, 0.1) is 11.6 Å². The van der Waals surface area contributed by atoms with Crippen LogP contribution in [0.15, 0.2) is 17.1 Å². The monoisotopic (exact) mass is 395 g/mol. The van der Waals surface area contributed by atoms with Crippen molar-refractivity contribution in [3.05, 3.63) is 39.7 Å². The quantitative estimate of drug-likeness (QED) is 0.860. The van der Waals surface area contributed by atoms with Gasteiger partial charge in [0.2, 0.25) is 5.43 Å². The lowest BCUT2D eigenvalue weighted by Gasteiger charge is -2.40. The van der Waals surface area contributed by atoms with Crippen molar-refractivity contribution in [2.45, 2.75) is 31.5 Å². The van der Waals surface area contributed by atoms with E-state index in [1.807, 2.05) is 7.05 Å². The fraction of sp³-hybridized carbons (Fsp3) is 0.474. The van der Waals surface area contributed by atoms with Gasteiger partial charge in [0.1, 0.15) is 23.7 Å². The Hall–Kier alpha value is -2.55. The summed E-state index contributed by atoms with van der Waals surface area (Å²) in [6, 6.07) is 1.25. The smallest absolute Gasteiger partial charge is 0.341 e. The van der Waals surface area contributed by atoms with Crippen molar-refractivity contribution >= 4 is 22.6 Å². The predicted octanol–water partition coefficient (Wildman–Crippen LogP) is 2.23. The van der Waals surface area contributed by atoms with Crippen LogP contribution in [0.4, 0.5) is 18.9 Å². The van der Waals surface area contributed by atoms with Gasteiger partial charge in [0.25, 0.3) is 0 Å². The molecule has 4 rings (SSSR count). The van der Waals surface area contributed by atoms with Crippen LogP contribution in [0.25, 0.3) is 10.9 Å². The molecule has 2 atom stereocenters. The minimum atomic E-state index is -1.53. The Morgan fingerprint density at radius 2 is 1.89 bits per heavy atom. The molecular formula is C19H20F3N3O3. The molecule has 0 spiro atoms. The standard InChI is InChI=1S/C19H20F3N3O3/c1-23-10-2-3-11(23)8-25(7-10)17-14(21)6-12-16(15(17)22)24(5-4-20)9-13(18(12)26)19(27)28/h6,9-11H,2-5,7-8H2,1H3,(H,27,28). The zero-order valence-electron chi connectivity index (χ0n) is 15.3. The minimum absolute atomic E-state index is 0.190. The van der Waals surface area contributed by atoms with Gasteiger partial charge in [-0.2, -0.15) is 0 Å². The molecule has 0 saturated carbocycles. The Bertz CT molecular complexity index is 1010. The van der Waals surface area contributed by atoms with Crippen LogP contribution in [0.5, 0.6) is 0 Å². The van der Waals surface area contributed by atoms with Gasteiger partial charge >= 0.3 is 5.97 Å². The van der Waals surface area contributed by atoms with E-state index in [2.05, 4.69) is 4.90 Å². The van der Waals surface area contributed by atoms with Crippen LogP contribution in [0.3, 0.4) is 0 Å². The van der Waals surface area contributed by atoms with Crippen molar-refractivity contribution in [3.8, 4) is 0 Å². The molecular weight excluding hydrogens is 375 g/mol. The number of benzene rings is 1. The normalized spacial score (nSPS) is 22.2. The fourth-order valence-corrected chi connectivity index (χ4v) is 4.48. The van der Waals surface area contributed by atoms with Crippen molar-refractivity contribution in [1.29, 1.82) is 0 Å². The Balaban J connectivity index is 1.92. The van der Waals surface area contributed by atoms with E-state index in [1.165, 1.54) is 0 Å². The number of aryl methyl sites for hydroxylation is 1. The molecule has 2 fully saturated rings. The number of pyridine rings is 1. The van der Waals surface area contributed by atoms with E-state index >= 15 is 4.39 Å². The summed E-state index contributed by atoms with van der Waals surface area (Å²) >= 11 is 0. The Morgan fingerprint density at radius 1 is 1.25 bits per heavy atom. The molecule has 2 unspecified atom stereocenters. The van der Waals surface area contributed by atoms with Gasteiger partial charge in [-0.1, -0.05) is 0 Å². The summed E-state index contributed by atoms with van der Waals surface area (Å²) in [7, 11) is 2.00. The first-order chi connectivity index (χ1) is 13.3. The summed E-state index contributed by atoms with van der Waals surface area (Å²) in [6.07, 6.45) is 2.82. The van der Waals surface area contributed by atoms with E-state index in [4.69, 9.17) is 0 Å². The third-order valence-electron chi connectivity index (χ3n) is 5.95. The van der Waals surface area contributed by atoms with Gasteiger partial charge in [-0.25, -0.2) is 18.0 Å². The van der Waals surface area contributed by atoms with Crippen molar-refractivity contribution in [2.75, 3.05) is 31.7 Å². The van der Waals surface area contributed by atoms with E-state index in [0.29, 0.717) is 13.1 Å². The maximum atomic E-state index is 15.5. The van der Waals surface area contributed by atoms with Crippen molar-refractivity contribution in [2.24, 2.45) is 0 Å². The highest BCUT2D eigenvalue weighted by Gasteiger charge is 2.39. The summed E-state index contributed by atoms with van der Waals surface area (Å²) in [4.78, 5) is 27.6. The SMILES string of the molecule is CN1C2CCC1CN(c1c(F)cc3c(=O)c(C(=O)O)cn(CCF)c3c1F)C2. The number of aromatic carboxylic acids is 1. The summed E-state index contributed by atoms with van der Waals surface area (Å²) in [5, 5.41) is 8.80. The number of fused-ring (bicyclic) bond motifs is 3. The third-order valence-corrected chi connectivity index (χ3v) is 5.95. The average Bonchev–Trinajstić information content (AvgIpc) is 2.85. The van der Waals surface area contributed by atoms with Gasteiger partial charge in [-0.3, -0.25) is 9.69 Å². The number of alkyl halides is 1. The number of halogens is 3. The number of aromatic nitrogens is 1. The summed E-state index contributed by atoms with van der Waals surface area (Å²) in [5.74, 6) is -3.40. The zero-order chi connectivity index (χ0) is 20.2. The molecule has 0 radical (unpaired) electrons. The fourth-order valence-electron chi connectivity index (χ4n) is 4.48. The third kappa shape index (κ3) is 2.76. The Morgan fingerprint density at radius 3 is 2.46 bits per heavy atom. The molecule has 1 aromatic heterocycles. The molecule has 0 aliphatic carbocycles. The van der Waals surface area contributed by atoms with Gasteiger partial charge in [0, 0.05) is 31.4 Å². The van der Waals surface area contributed by atoms with Crippen molar-refractivity contribution < 1.29 is 23.1 Å². The van der Waals surface area contributed by atoms with Crippen LogP contribution in [0.2, 0.25) is 0 Å². The van der Waals surface area contributed by atoms with Crippen LogP contribution in [-0.4, -0.2) is 59.4 Å². The molecule has 9 heteroatoms. The average molecular weight is 395 g/mol. The lowest BCUT2D eigenvalue weighted by atomic mass is 10.1. The minimum Gasteiger partial charge on any atom is -0.477 e. The first kappa shape index (κ1) is 18.8. The molecule has 3 heterocycles. The predicted molar refractivity (Wildman–Crippen MR) is 97.8 cm³/mol. The molecule has 28 heavy (non-hydrogen) atoms. The Labute approximate surface area is 158 Å². The first-order valence-electron chi connectivity index (χ1n) is 9.14. The molecule has 2 aromatic rings. The number of carboxylic acids is 1. The van der Waals surface area contributed by atoms with E-state index < -0.39 is 40.7 Å². The first-order valence-corrected chi connectivity index (χ1v) is 9.14. The highest BCUT2D eigenvalue weighted by molar-refractivity contribution is 5.93. The molecule has 2 aliphatic heterocycles. The summed E-state index contributed by atoms with van der Waals surface area (Å²) < 4.78 is 44.4. The second kappa shape index (κ2) is 6.80. The molecule has 1 aromatic carbocycles. The molecule has 2 bridgehead atoms. The highest BCUT2D eigenvalue weighted by atomic mass is 19.1. The van der Waals surface area contributed by atoms with Crippen LogP contribution >= 0.6 is 0 Å². The van der Waals surface area contributed by atoms with Gasteiger partial charge in [-0.15, -0.1) is 0 Å². The summed E-state index contributed by atoms with van der Waals surface area (Å²) in [6.45, 7) is -0.325.